The maximum Gasteiger partial charge on any atom is 0.313 e. The van der Waals surface area contributed by atoms with E-state index in [1.165, 1.54) is 32.4 Å². The van der Waals surface area contributed by atoms with Gasteiger partial charge in [-0.15, -0.1) is 0 Å². The number of methoxy groups -OCH3 is 2. The lowest BCUT2D eigenvalue weighted by molar-refractivity contribution is -0.123. The molecule has 1 unspecified atom stereocenters. The molecule has 9 heteroatoms. The molecule has 1 aliphatic heterocycles. The summed E-state index contributed by atoms with van der Waals surface area (Å²) in [7, 11) is -1.37. The Morgan fingerprint density at radius 3 is 2.43 bits per heavy atom. The molecular formula is C19H19NO7S. The fourth-order valence-electron chi connectivity index (χ4n) is 2.60. The fourth-order valence-corrected chi connectivity index (χ4v) is 3.67. The number of ketones is 1. The fraction of sp³-hybridized carbons (Fsp3) is 0.211. The first-order valence-electron chi connectivity index (χ1n) is 8.62. The molecule has 2 aromatic carbocycles. The molecular weight excluding hydrogens is 386 g/mol. The van der Waals surface area contributed by atoms with Crippen LogP contribution in [0.3, 0.4) is 0 Å². The normalized spacial score (nSPS) is 19.8. The van der Waals surface area contributed by atoms with E-state index in [2.05, 4.69) is 0 Å². The van der Waals surface area contributed by atoms with Crippen LogP contribution in [0.1, 0.15) is 18.6 Å². The van der Waals surface area contributed by atoms with Gasteiger partial charge in [0.15, 0.2) is 17.6 Å². The zero-order valence-electron chi connectivity index (χ0n) is 16.2. The maximum absolute atomic E-state index is 12.8. The third-order valence-electron chi connectivity index (χ3n) is 3.89. The Morgan fingerprint density at radius 2 is 1.79 bits per heavy atom. The monoisotopic (exact) mass is 406 g/mol. The molecule has 2 aromatic rings. The summed E-state index contributed by atoms with van der Waals surface area (Å²) in [5.41, 5.74) is 6.22. The van der Waals surface area contributed by atoms with Crippen LogP contribution in [-0.4, -0.2) is 28.4 Å². The highest BCUT2D eigenvalue weighted by atomic mass is 32.2. The quantitative estimate of drug-likeness (QED) is 0.695. The van der Waals surface area contributed by atoms with Crippen LogP contribution in [0.4, 0.5) is 0 Å². The molecule has 0 amide bonds. The van der Waals surface area contributed by atoms with Crippen LogP contribution in [0.2, 0.25) is 0 Å². The summed E-state index contributed by atoms with van der Waals surface area (Å²) in [6.07, 6.45) is -2.32. The number of Topliss-reactive ketones (excluding diaryl/α,β-unsaturated/α-hetero) is 1. The Balaban J connectivity index is 1.86. The molecule has 0 bridgehead atoms. The number of ether oxygens (including phenoxy) is 3. The summed E-state index contributed by atoms with van der Waals surface area (Å²) in [6.45, 7) is 0. The smallest absolute Gasteiger partial charge is 0.313 e. The van der Waals surface area contributed by atoms with Gasteiger partial charge in [0.25, 0.3) is 0 Å². The molecule has 1 atom stereocenters. The lowest BCUT2D eigenvalue weighted by atomic mass is 10.1. The second-order valence-electron chi connectivity index (χ2n) is 5.79. The number of rotatable bonds is 7. The SMILES string of the molecule is [2H]C1(c2ccc(OC)c(OC)c2)OC(N)=C(OS(=O)(=O)Cc2ccccc2)C1=O. The van der Waals surface area contributed by atoms with Gasteiger partial charge in [-0.1, -0.05) is 36.4 Å². The number of hydrogen-bond acceptors (Lipinski definition) is 8. The van der Waals surface area contributed by atoms with Crippen molar-refractivity contribution in [1.82, 2.24) is 0 Å². The van der Waals surface area contributed by atoms with Gasteiger partial charge in [-0.3, -0.25) is 4.79 Å². The van der Waals surface area contributed by atoms with E-state index in [1.54, 1.807) is 30.3 Å². The zero-order chi connectivity index (χ0) is 21.2. The topological polar surface area (TPSA) is 114 Å². The number of nitrogens with two attached hydrogens (primary N) is 1. The molecule has 0 saturated carbocycles. The van der Waals surface area contributed by atoms with Crippen molar-refractivity contribution >= 4 is 15.9 Å². The molecule has 0 aliphatic carbocycles. The summed E-state index contributed by atoms with van der Waals surface area (Å²) in [4.78, 5) is 12.8. The van der Waals surface area contributed by atoms with E-state index in [4.69, 9.17) is 25.5 Å². The molecule has 148 valence electrons. The van der Waals surface area contributed by atoms with Gasteiger partial charge < -0.3 is 24.1 Å². The van der Waals surface area contributed by atoms with E-state index < -0.39 is 39.4 Å². The Bertz CT molecular complexity index is 1070. The van der Waals surface area contributed by atoms with Crippen molar-refractivity contribution in [3.8, 4) is 11.5 Å². The van der Waals surface area contributed by atoms with E-state index in [1.807, 2.05) is 0 Å². The van der Waals surface area contributed by atoms with Gasteiger partial charge in [0.05, 0.1) is 15.6 Å². The van der Waals surface area contributed by atoms with E-state index in [0.717, 1.165) is 0 Å². The van der Waals surface area contributed by atoms with Crippen LogP contribution in [0.15, 0.2) is 60.2 Å². The van der Waals surface area contributed by atoms with Crippen LogP contribution >= 0.6 is 0 Å². The summed E-state index contributed by atoms with van der Waals surface area (Å²) >= 11 is 0. The molecule has 1 heterocycles. The van der Waals surface area contributed by atoms with Crippen molar-refractivity contribution in [1.29, 1.82) is 0 Å². The largest absolute Gasteiger partial charge is 0.493 e. The van der Waals surface area contributed by atoms with Gasteiger partial charge in [-0.05, 0) is 17.7 Å². The summed E-state index contributed by atoms with van der Waals surface area (Å²) in [5.74, 6) is -2.19. The number of carbonyl (C=O) groups is 1. The second-order valence-corrected chi connectivity index (χ2v) is 7.37. The minimum absolute atomic E-state index is 0.0714. The Labute approximate surface area is 164 Å². The lowest BCUT2D eigenvalue weighted by Gasteiger charge is -2.13. The van der Waals surface area contributed by atoms with Gasteiger partial charge in [0.1, 0.15) is 5.75 Å². The molecule has 0 spiro atoms. The molecule has 0 fully saturated rings. The molecule has 3 rings (SSSR count). The molecule has 0 radical (unpaired) electrons. The van der Waals surface area contributed by atoms with E-state index >= 15 is 0 Å². The molecule has 1 aliphatic rings. The summed E-state index contributed by atoms with van der Waals surface area (Å²) < 4.78 is 53.6. The van der Waals surface area contributed by atoms with Crippen LogP contribution in [-0.2, 0) is 29.6 Å². The number of hydrogen-bond donors (Lipinski definition) is 1. The highest BCUT2D eigenvalue weighted by molar-refractivity contribution is 7.86. The lowest BCUT2D eigenvalue weighted by Crippen LogP contribution is -2.16. The van der Waals surface area contributed by atoms with Crippen molar-refractivity contribution in [2.45, 2.75) is 11.8 Å². The first-order valence-corrected chi connectivity index (χ1v) is 9.70. The van der Waals surface area contributed by atoms with Crippen LogP contribution in [0.25, 0.3) is 0 Å². The van der Waals surface area contributed by atoms with Crippen LogP contribution in [0, 0.1) is 0 Å². The predicted molar refractivity (Wildman–Crippen MR) is 99.7 cm³/mol. The molecule has 2 N–H and O–H groups in total. The van der Waals surface area contributed by atoms with E-state index in [9.17, 15) is 13.2 Å². The third kappa shape index (κ3) is 4.04. The van der Waals surface area contributed by atoms with Crippen molar-refractivity contribution in [2.24, 2.45) is 5.73 Å². The molecule has 28 heavy (non-hydrogen) atoms. The minimum Gasteiger partial charge on any atom is -0.493 e. The number of carbonyl (C=O) groups excluding carboxylic acids is 1. The minimum atomic E-state index is -4.21. The van der Waals surface area contributed by atoms with E-state index in [-0.39, 0.29) is 11.3 Å². The molecule has 0 aromatic heterocycles. The van der Waals surface area contributed by atoms with Crippen molar-refractivity contribution in [3.05, 3.63) is 71.3 Å². The first kappa shape index (κ1) is 18.2. The average molecular weight is 406 g/mol. The highest BCUT2D eigenvalue weighted by Crippen LogP contribution is 2.36. The van der Waals surface area contributed by atoms with Crippen LogP contribution in [0.5, 0.6) is 11.5 Å². The van der Waals surface area contributed by atoms with Gasteiger partial charge in [0, 0.05) is 5.56 Å². The first-order chi connectivity index (χ1) is 13.7. The Morgan fingerprint density at radius 1 is 1.11 bits per heavy atom. The van der Waals surface area contributed by atoms with Gasteiger partial charge >= 0.3 is 10.1 Å². The third-order valence-corrected chi connectivity index (χ3v) is 5.00. The summed E-state index contributed by atoms with van der Waals surface area (Å²) in [6, 6.07) is 12.6. The van der Waals surface area contributed by atoms with Gasteiger partial charge in [0.2, 0.25) is 17.4 Å². The van der Waals surface area contributed by atoms with Gasteiger partial charge in [-0.2, -0.15) is 8.42 Å². The van der Waals surface area contributed by atoms with Crippen molar-refractivity contribution < 1.29 is 33.0 Å². The average Bonchev–Trinajstić information content (AvgIpc) is 2.91. The Kier molecular flexibility index (Phi) is 5.07. The standard InChI is InChI=1S/C19H19NO7S/c1-24-14-9-8-13(10-15(14)25-2)17-16(21)18(19(20)26-17)27-28(22,23)11-12-6-4-3-5-7-12/h3-10,17H,11,20H2,1-2H3/i17D. The Hall–Kier alpha value is -3.20. The van der Waals surface area contributed by atoms with E-state index in [0.29, 0.717) is 11.3 Å². The van der Waals surface area contributed by atoms with Crippen molar-refractivity contribution in [2.75, 3.05) is 14.2 Å². The van der Waals surface area contributed by atoms with Crippen LogP contribution < -0.4 is 15.2 Å². The molecule has 0 saturated heterocycles. The molecule has 8 nitrogen and oxygen atoms in total. The number of benzene rings is 2. The van der Waals surface area contributed by atoms with Gasteiger partial charge in [-0.25, -0.2) is 0 Å². The highest BCUT2D eigenvalue weighted by Gasteiger charge is 2.39. The summed E-state index contributed by atoms with van der Waals surface area (Å²) in [5, 5.41) is 0. The maximum atomic E-state index is 12.8. The predicted octanol–water partition coefficient (Wildman–Crippen LogP) is 2.02. The second kappa shape index (κ2) is 7.81. The zero-order valence-corrected chi connectivity index (χ0v) is 16.0. The van der Waals surface area contributed by atoms with Crippen molar-refractivity contribution in [3.63, 3.8) is 0 Å².